The normalized spacial score (nSPS) is 11.5. The second-order valence-corrected chi connectivity index (χ2v) is 27.4. The second-order valence-electron chi connectivity index (χ2n) is 27.4. The predicted molar refractivity (Wildman–Crippen MR) is 447 cm³/mol. The minimum atomic E-state index is 0.781. The van der Waals surface area contributed by atoms with Crippen LogP contribution in [0.3, 0.4) is 0 Å². The van der Waals surface area contributed by atoms with Crippen LogP contribution in [0.1, 0.15) is 0 Å². The van der Waals surface area contributed by atoms with E-state index >= 15 is 0 Å². The Morgan fingerprint density at radius 2 is 0.519 bits per heavy atom. The van der Waals surface area contributed by atoms with Gasteiger partial charge >= 0.3 is 0 Å². The largest absolute Gasteiger partial charge is 0.255 e. The third kappa shape index (κ3) is 11.6. The molecule has 0 fully saturated rings. The number of fused-ring (bicyclic) bond motifs is 9. The number of hydrogen-bond acceptors (Lipinski definition) is 7. The van der Waals surface area contributed by atoms with Gasteiger partial charge in [-0.25, -0.2) is 24.9 Å². The van der Waals surface area contributed by atoms with E-state index < -0.39 is 0 Å². The van der Waals surface area contributed by atoms with Crippen LogP contribution in [0.4, 0.5) is 0 Å². The lowest BCUT2D eigenvalue weighted by Gasteiger charge is -2.18. The lowest BCUT2D eigenvalue weighted by Crippen LogP contribution is -1.96. The van der Waals surface area contributed by atoms with Crippen molar-refractivity contribution in [1.29, 1.82) is 0 Å². The SMILES string of the molecule is c1ccc(-c2cc(-c3ccc(-c4cccc(-c5nc6c(-c7ccc8ccc9ccc(-c%10ccccc%10)nc9c8n7)cccc6c6c(-c7ccccc7)cccc56)c4)cc3)cc(-c3nc4c(-c5ccc(-c6cc(-c7ccccn7)nc(-c7ccccn7)c6)cc5)cccc4c4c(-c5ccccc5)cccc34)c2)cc1. The number of aromatic nitrogens is 7. The van der Waals surface area contributed by atoms with E-state index in [9.17, 15) is 0 Å². The first-order valence-electron chi connectivity index (χ1n) is 36.5. The van der Waals surface area contributed by atoms with Crippen molar-refractivity contribution in [2.24, 2.45) is 0 Å². The Morgan fingerprint density at radius 1 is 0.157 bits per heavy atom. The Bertz CT molecular complexity index is 6800. The topological polar surface area (TPSA) is 90.2 Å². The van der Waals surface area contributed by atoms with Crippen LogP contribution in [0.2, 0.25) is 0 Å². The molecule has 7 heteroatoms. The number of pyridine rings is 7. The fraction of sp³-hybridized carbons (Fsp3) is 0. The van der Waals surface area contributed by atoms with Gasteiger partial charge in [-0.05, 0) is 145 Å². The number of benzene rings is 13. The average Bonchev–Trinajstić information content (AvgIpc) is 0.737. The Balaban J connectivity index is 0.702. The van der Waals surface area contributed by atoms with E-state index in [1.807, 2.05) is 42.5 Å². The van der Waals surface area contributed by atoms with Crippen LogP contribution in [0.5, 0.6) is 0 Å². The van der Waals surface area contributed by atoms with Gasteiger partial charge in [-0.1, -0.05) is 297 Å². The van der Waals surface area contributed by atoms with Gasteiger partial charge in [-0.15, -0.1) is 0 Å². The first kappa shape index (κ1) is 63.2. The zero-order valence-corrected chi connectivity index (χ0v) is 58.5. The van der Waals surface area contributed by atoms with Crippen LogP contribution in [0.15, 0.2) is 382 Å². The predicted octanol–water partition coefficient (Wildman–Crippen LogP) is 26.0. The molecular formula is C101H63N7. The highest BCUT2D eigenvalue weighted by atomic mass is 14.8. The Labute approximate surface area is 624 Å². The summed E-state index contributed by atoms with van der Waals surface area (Å²) >= 11 is 0. The molecule has 0 aliphatic heterocycles. The summed E-state index contributed by atoms with van der Waals surface area (Å²) in [4.78, 5) is 36.9. The molecule has 0 amide bonds. The summed E-state index contributed by atoms with van der Waals surface area (Å²) in [5.41, 5.74) is 29.6. The molecule has 0 N–H and O–H groups in total. The third-order valence-electron chi connectivity index (χ3n) is 20.9. The van der Waals surface area contributed by atoms with Crippen LogP contribution in [-0.4, -0.2) is 34.9 Å². The Morgan fingerprint density at radius 3 is 1.06 bits per heavy atom. The van der Waals surface area contributed by atoms with Crippen LogP contribution in [0.25, 0.3) is 211 Å². The van der Waals surface area contributed by atoms with E-state index in [2.05, 4.69) is 328 Å². The average molecular weight is 1370 g/mol. The van der Waals surface area contributed by atoms with E-state index in [0.29, 0.717) is 0 Å². The quantitative estimate of drug-likeness (QED) is 0.106. The molecule has 0 radical (unpaired) electrons. The lowest BCUT2D eigenvalue weighted by atomic mass is 9.89. The standard InChI is InChI=1S/C101H63N7/c1-5-22-64(23-6-1)76-59-77(61-79(60-76)97-85-37-19-33-81(69-26-9-3-10-27-69)95(85)86-38-20-34-82(100(86)108-97)70-48-46-67(47-49-70)78-62-92(90-40-13-15-56-102-90)104-93(63-78)91-41-14-16-57-103-91)66-44-42-65(43-45-66)74-30-17-31-75(58-74)96-84-36-18-32-80(68-24-7-2-8-25-68)94(84)87-39-21-35-83(101(87)107-96)89-55-53-73-51-50-72-52-54-88(71-28-11-4-12-29-71)105-98(72)99(73)106-89/h1-63H. The van der Waals surface area contributed by atoms with Crippen molar-refractivity contribution in [2.45, 2.75) is 0 Å². The summed E-state index contributed by atoms with van der Waals surface area (Å²) in [7, 11) is 0. The Hall–Kier alpha value is -14.5. The number of para-hydroxylation sites is 2. The van der Waals surface area contributed by atoms with Crippen molar-refractivity contribution in [3.63, 3.8) is 0 Å². The Kier molecular flexibility index (Phi) is 15.8. The van der Waals surface area contributed by atoms with Crippen molar-refractivity contribution in [1.82, 2.24) is 34.9 Å². The molecule has 0 saturated heterocycles. The fourth-order valence-electron chi connectivity index (χ4n) is 15.7. The highest BCUT2D eigenvalue weighted by Gasteiger charge is 2.23. The van der Waals surface area contributed by atoms with Gasteiger partial charge in [0.05, 0.1) is 67.6 Å². The maximum Gasteiger partial charge on any atom is 0.0972 e. The van der Waals surface area contributed by atoms with Crippen molar-refractivity contribution in [3.05, 3.63) is 382 Å². The summed E-state index contributed by atoms with van der Waals surface area (Å²) in [5.74, 6) is 0. The molecule has 0 bridgehead atoms. The molecule has 0 aliphatic rings. The molecule has 0 unspecified atom stereocenters. The highest BCUT2D eigenvalue weighted by molar-refractivity contribution is 6.21. The van der Waals surface area contributed by atoms with E-state index in [4.69, 9.17) is 34.9 Å². The second kappa shape index (κ2) is 26.9. The maximum atomic E-state index is 5.89. The van der Waals surface area contributed by atoms with Crippen molar-refractivity contribution in [3.8, 4) is 146 Å². The highest BCUT2D eigenvalue weighted by Crippen LogP contribution is 2.46. The number of hydrogen-bond donors (Lipinski definition) is 0. The van der Waals surface area contributed by atoms with Gasteiger partial charge in [-0.2, -0.15) is 0 Å². The van der Waals surface area contributed by atoms with Crippen molar-refractivity contribution >= 4 is 65.2 Å². The summed E-state index contributed by atoms with van der Waals surface area (Å²) in [5, 5.41) is 8.64. The molecule has 20 aromatic rings. The van der Waals surface area contributed by atoms with Crippen LogP contribution < -0.4 is 0 Å². The minimum Gasteiger partial charge on any atom is -0.255 e. The van der Waals surface area contributed by atoms with E-state index in [1.54, 1.807) is 12.4 Å². The molecule has 0 saturated carbocycles. The van der Waals surface area contributed by atoms with Crippen molar-refractivity contribution < 1.29 is 0 Å². The first-order valence-corrected chi connectivity index (χ1v) is 36.5. The summed E-state index contributed by atoms with van der Waals surface area (Å²) in [6.45, 7) is 0. The minimum absolute atomic E-state index is 0.781. The van der Waals surface area contributed by atoms with E-state index in [1.165, 1.54) is 0 Å². The smallest absolute Gasteiger partial charge is 0.0972 e. The lowest BCUT2D eigenvalue weighted by molar-refractivity contribution is 1.22. The maximum absolute atomic E-state index is 5.89. The summed E-state index contributed by atoms with van der Waals surface area (Å²) in [6, 6.07) is 132. The number of nitrogens with zero attached hydrogens (tertiary/aromatic N) is 7. The van der Waals surface area contributed by atoms with Crippen LogP contribution in [0, 0.1) is 0 Å². The monoisotopic (exact) mass is 1370 g/mol. The molecule has 502 valence electrons. The zero-order valence-electron chi connectivity index (χ0n) is 58.5. The number of rotatable bonds is 13. The molecule has 0 aliphatic carbocycles. The molecule has 7 aromatic heterocycles. The van der Waals surface area contributed by atoms with Gasteiger partial charge in [0.2, 0.25) is 0 Å². The summed E-state index contributed by atoms with van der Waals surface area (Å²) < 4.78 is 0. The molecule has 20 rings (SSSR count). The molecule has 0 spiro atoms. The summed E-state index contributed by atoms with van der Waals surface area (Å²) in [6.07, 6.45) is 3.61. The molecule has 13 aromatic carbocycles. The third-order valence-corrected chi connectivity index (χ3v) is 20.9. The first-order chi connectivity index (χ1) is 53.5. The van der Waals surface area contributed by atoms with Crippen LogP contribution >= 0.6 is 0 Å². The molecule has 108 heavy (non-hydrogen) atoms. The van der Waals surface area contributed by atoms with Gasteiger partial charge in [0, 0.05) is 83.3 Å². The van der Waals surface area contributed by atoms with Gasteiger partial charge in [0.25, 0.3) is 0 Å². The van der Waals surface area contributed by atoms with Gasteiger partial charge < -0.3 is 0 Å². The fourth-order valence-corrected chi connectivity index (χ4v) is 15.7. The molecule has 7 nitrogen and oxygen atoms in total. The van der Waals surface area contributed by atoms with Gasteiger partial charge in [0.1, 0.15) is 0 Å². The molecular weight excluding hydrogens is 1310 g/mol. The van der Waals surface area contributed by atoms with E-state index in [0.717, 1.165) is 211 Å². The van der Waals surface area contributed by atoms with E-state index in [-0.39, 0.29) is 0 Å². The van der Waals surface area contributed by atoms with Crippen LogP contribution in [-0.2, 0) is 0 Å². The zero-order chi connectivity index (χ0) is 71.4. The van der Waals surface area contributed by atoms with Crippen molar-refractivity contribution in [2.75, 3.05) is 0 Å². The molecule has 0 atom stereocenters. The van der Waals surface area contributed by atoms with Gasteiger partial charge in [0.15, 0.2) is 0 Å². The molecule has 7 heterocycles. The van der Waals surface area contributed by atoms with Gasteiger partial charge in [-0.3, -0.25) is 9.97 Å².